The van der Waals surface area contributed by atoms with Crippen LogP contribution in [0.1, 0.15) is 54.3 Å². The highest BCUT2D eigenvalue weighted by Gasteiger charge is 2.13. The highest BCUT2D eigenvalue weighted by molar-refractivity contribution is 5.93. The van der Waals surface area contributed by atoms with E-state index in [9.17, 15) is 4.79 Å². The second-order valence-corrected chi connectivity index (χ2v) is 6.80. The fourth-order valence-electron chi connectivity index (χ4n) is 2.74. The Kier molecular flexibility index (Phi) is 5.81. The van der Waals surface area contributed by atoms with E-state index in [4.69, 9.17) is 0 Å². The van der Waals surface area contributed by atoms with Crippen molar-refractivity contribution in [3.8, 4) is 0 Å². The predicted octanol–water partition coefficient (Wildman–Crippen LogP) is 4.83. The summed E-state index contributed by atoms with van der Waals surface area (Å²) in [6.45, 7) is 6.27. The Labute approximate surface area is 159 Å². The molecular formula is C22H24N4O. The molecule has 3 rings (SSSR count). The number of hydrogen-bond donors (Lipinski definition) is 2. The second-order valence-electron chi connectivity index (χ2n) is 6.80. The van der Waals surface area contributed by atoms with Gasteiger partial charge in [0.25, 0.3) is 5.91 Å². The van der Waals surface area contributed by atoms with Crippen LogP contribution < -0.4 is 10.6 Å². The number of hydrogen-bond acceptors (Lipinski definition) is 4. The van der Waals surface area contributed by atoms with Crippen molar-refractivity contribution in [3.63, 3.8) is 0 Å². The van der Waals surface area contributed by atoms with Crippen LogP contribution in [0.4, 0.5) is 11.5 Å². The minimum atomic E-state index is -0.230. The van der Waals surface area contributed by atoms with Gasteiger partial charge in [-0.25, -0.2) is 9.97 Å². The number of nitrogens with zero attached hydrogens (tertiary/aromatic N) is 2. The van der Waals surface area contributed by atoms with Crippen molar-refractivity contribution in [1.29, 1.82) is 0 Å². The molecule has 0 saturated heterocycles. The Morgan fingerprint density at radius 1 is 0.889 bits per heavy atom. The highest BCUT2D eigenvalue weighted by atomic mass is 16.1. The van der Waals surface area contributed by atoms with Crippen molar-refractivity contribution in [2.75, 3.05) is 5.32 Å². The Hall–Kier alpha value is -3.21. The number of benzene rings is 2. The Bertz CT molecular complexity index is 892. The molecule has 1 atom stereocenters. The molecule has 0 spiro atoms. The fraction of sp³-hybridized carbons (Fsp3) is 0.227. The normalized spacial score (nSPS) is 11.9. The molecule has 2 N–H and O–H groups in total. The topological polar surface area (TPSA) is 66.9 Å². The molecule has 138 valence electrons. The summed E-state index contributed by atoms with van der Waals surface area (Å²) in [6, 6.07) is 19.6. The molecule has 0 aliphatic carbocycles. The zero-order valence-electron chi connectivity index (χ0n) is 15.8. The van der Waals surface area contributed by atoms with Crippen molar-refractivity contribution in [2.24, 2.45) is 0 Å². The van der Waals surface area contributed by atoms with Gasteiger partial charge in [0.05, 0.1) is 6.04 Å². The summed E-state index contributed by atoms with van der Waals surface area (Å²) in [5.41, 5.74) is 3.57. The average Bonchev–Trinajstić information content (AvgIpc) is 2.69. The van der Waals surface area contributed by atoms with Crippen molar-refractivity contribution >= 4 is 17.4 Å². The summed E-state index contributed by atoms with van der Waals surface area (Å²) in [7, 11) is 0. The van der Waals surface area contributed by atoms with Gasteiger partial charge in [-0.3, -0.25) is 4.79 Å². The Morgan fingerprint density at radius 2 is 1.59 bits per heavy atom. The maximum Gasteiger partial charge on any atom is 0.270 e. The van der Waals surface area contributed by atoms with Gasteiger partial charge in [0.15, 0.2) is 0 Å². The minimum absolute atomic E-state index is 0.103. The molecule has 0 bridgehead atoms. The van der Waals surface area contributed by atoms with Gasteiger partial charge in [-0.05, 0) is 36.1 Å². The van der Waals surface area contributed by atoms with Crippen LogP contribution in [0.3, 0.4) is 0 Å². The molecule has 0 aliphatic heterocycles. The average molecular weight is 360 g/mol. The lowest BCUT2D eigenvalue weighted by Gasteiger charge is -2.14. The number of carbonyl (C=O) groups is 1. The second kappa shape index (κ2) is 8.45. The van der Waals surface area contributed by atoms with Gasteiger partial charge in [0.1, 0.15) is 17.8 Å². The van der Waals surface area contributed by atoms with Crippen LogP contribution in [0.25, 0.3) is 0 Å². The smallest absolute Gasteiger partial charge is 0.270 e. The first-order valence-electron chi connectivity index (χ1n) is 9.08. The van der Waals surface area contributed by atoms with E-state index in [1.54, 1.807) is 6.07 Å². The van der Waals surface area contributed by atoms with Crippen LogP contribution in [0.5, 0.6) is 0 Å². The van der Waals surface area contributed by atoms with Gasteiger partial charge in [-0.1, -0.05) is 56.3 Å². The Morgan fingerprint density at radius 3 is 2.26 bits per heavy atom. The first kappa shape index (κ1) is 18.6. The van der Waals surface area contributed by atoms with Crippen molar-refractivity contribution in [2.45, 2.75) is 32.7 Å². The highest BCUT2D eigenvalue weighted by Crippen LogP contribution is 2.20. The third-order valence-electron chi connectivity index (χ3n) is 4.40. The van der Waals surface area contributed by atoms with E-state index < -0.39 is 0 Å². The number of nitrogens with one attached hydrogen (secondary N) is 2. The van der Waals surface area contributed by atoms with E-state index >= 15 is 0 Å². The molecule has 2 aromatic carbocycles. The lowest BCUT2D eigenvalue weighted by molar-refractivity contribution is 0.0934. The largest absolute Gasteiger partial charge is 0.344 e. The quantitative estimate of drug-likeness (QED) is 0.660. The van der Waals surface area contributed by atoms with E-state index in [-0.39, 0.29) is 11.9 Å². The molecule has 1 unspecified atom stereocenters. The molecule has 5 heteroatoms. The molecule has 0 aliphatic rings. The maximum atomic E-state index is 12.5. The molecule has 1 amide bonds. The maximum absolute atomic E-state index is 12.5. The number of aromatic nitrogens is 2. The van der Waals surface area contributed by atoms with E-state index in [0.29, 0.717) is 17.4 Å². The van der Waals surface area contributed by atoms with Gasteiger partial charge in [0.2, 0.25) is 0 Å². The molecular weight excluding hydrogens is 336 g/mol. The van der Waals surface area contributed by atoms with Crippen LogP contribution in [0, 0.1) is 0 Å². The van der Waals surface area contributed by atoms with Crippen LogP contribution in [-0.4, -0.2) is 15.9 Å². The standard InChI is InChI=1S/C22H24N4O/c1-15(2)17-9-11-19(12-10-17)26-21-13-20(23-14-24-21)22(27)25-16(3)18-7-5-4-6-8-18/h4-16H,1-3H3,(H,25,27)(H,23,24,26). The van der Waals surface area contributed by atoms with Gasteiger partial charge in [-0.2, -0.15) is 0 Å². The summed E-state index contributed by atoms with van der Waals surface area (Å²) < 4.78 is 0. The zero-order valence-corrected chi connectivity index (χ0v) is 15.8. The van der Waals surface area contributed by atoms with E-state index in [2.05, 4.69) is 46.6 Å². The van der Waals surface area contributed by atoms with Gasteiger partial charge >= 0.3 is 0 Å². The fourth-order valence-corrected chi connectivity index (χ4v) is 2.74. The third kappa shape index (κ3) is 4.91. The number of carbonyl (C=O) groups excluding carboxylic acids is 1. The summed E-state index contributed by atoms with van der Waals surface area (Å²) in [5.74, 6) is 0.840. The third-order valence-corrected chi connectivity index (χ3v) is 4.40. The molecule has 1 heterocycles. The van der Waals surface area contributed by atoms with E-state index in [1.807, 2.05) is 49.4 Å². The summed E-state index contributed by atoms with van der Waals surface area (Å²) in [4.78, 5) is 20.8. The van der Waals surface area contributed by atoms with Gasteiger partial charge < -0.3 is 10.6 Å². The Balaban J connectivity index is 1.68. The molecule has 0 radical (unpaired) electrons. The number of amides is 1. The van der Waals surface area contributed by atoms with Crippen molar-refractivity contribution < 1.29 is 4.79 Å². The van der Waals surface area contributed by atoms with Crippen LogP contribution in [0.2, 0.25) is 0 Å². The summed E-state index contributed by atoms with van der Waals surface area (Å²) in [5, 5.41) is 6.19. The molecule has 0 saturated carbocycles. The van der Waals surface area contributed by atoms with Gasteiger partial charge in [-0.15, -0.1) is 0 Å². The number of rotatable bonds is 6. The lowest BCUT2D eigenvalue weighted by atomic mass is 10.0. The van der Waals surface area contributed by atoms with E-state index in [1.165, 1.54) is 11.9 Å². The van der Waals surface area contributed by atoms with Gasteiger partial charge in [0, 0.05) is 11.8 Å². The molecule has 0 fully saturated rings. The molecule has 5 nitrogen and oxygen atoms in total. The lowest BCUT2D eigenvalue weighted by Crippen LogP contribution is -2.27. The van der Waals surface area contributed by atoms with Crippen molar-refractivity contribution in [3.05, 3.63) is 83.8 Å². The van der Waals surface area contributed by atoms with Crippen LogP contribution >= 0.6 is 0 Å². The minimum Gasteiger partial charge on any atom is -0.344 e. The zero-order chi connectivity index (χ0) is 19.2. The van der Waals surface area contributed by atoms with E-state index in [0.717, 1.165) is 11.3 Å². The molecule has 27 heavy (non-hydrogen) atoms. The first-order chi connectivity index (χ1) is 13.0. The van der Waals surface area contributed by atoms with Crippen LogP contribution in [0.15, 0.2) is 67.0 Å². The van der Waals surface area contributed by atoms with Crippen molar-refractivity contribution in [1.82, 2.24) is 15.3 Å². The molecule has 1 aromatic heterocycles. The predicted molar refractivity (Wildman–Crippen MR) is 108 cm³/mol. The monoisotopic (exact) mass is 360 g/mol. The SMILES string of the molecule is CC(C)c1ccc(Nc2cc(C(=O)NC(C)c3ccccc3)ncn2)cc1. The molecule has 3 aromatic rings. The number of anilines is 2. The first-order valence-corrected chi connectivity index (χ1v) is 9.08. The summed E-state index contributed by atoms with van der Waals surface area (Å²) >= 11 is 0. The summed E-state index contributed by atoms with van der Waals surface area (Å²) in [6.07, 6.45) is 1.40. The van der Waals surface area contributed by atoms with Crippen LogP contribution in [-0.2, 0) is 0 Å².